The van der Waals surface area contributed by atoms with E-state index in [9.17, 15) is 28.5 Å². The van der Waals surface area contributed by atoms with Gasteiger partial charge in [0.25, 0.3) is 22.9 Å². The molecule has 5 aromatic rings. The van der Waals surface area contributed by atoms with Gasteiger partial charge >= 0.3 is 5.97 Å². The molecule has 0 spiro atoms. The van der Waals surface area contributed by atoms with E-state index in [1.807, 2.05) is 60.7 Å². The Bertz CT molecular complexity index is 2150. The summed E-state index contributed by atoms with van der Waals surface area (Å²) in [6.45, 7) is 6.36. The number of nitro groups is 1. The number of rotatable bonds is 15. The highest BCUT2D eigenvalue weighted by atomic mass is 32.2. The van der Waals surface area contributed by atoms with Gasteiger partial charge in [0.05, 0.1) is 22.8 Å². The van der Waals surface area contributed by atoms with Crippen LogP contribution in [-0.2, 0) is 22.5 Å². The van der Waals surface area contributed by atoms with Crippen molar-refractivity contribution in [1.82, 2.24) is 4.90 Å². The van der Waals surface area contributed by atoms with Crippen LogP contribution in [0.4, 0.5) is 22.7 Å². The molecule has 2 N–H and O–H groups in total. The largest absolute Gasteiger partial charge is 0.462 e. The van der Waals surface area contributed by atoms with Gasteiger partial charge in [-0.05, 0) is 84.3 Å². The van der Waals surface area contributed by atoms with E-state index in [0.29, 0.717) is 28.8 Å². The van der Waals surface area contributed by atoms with Crippen LogP contribution in [0.15, 0.2) is 126 Å². The Hall–Kier alpha value is -5.54. The number of nitrogens with zero attached hydrogens (tertiary/aromatic N) is 4. The van der Waals surface area contributed by atoms with Crippen LogP contribution in [0.3, 0.4) is 0 Å². The average molecular weight is 780 g/mol. The van der Waals surface area contributed by atoms with Crippen molar-refractivity contribution in [1.29, 1.82) is 0 Å². The predicted octanol–water partition coefficient (Wildman–Crippen LogP) is 7.75. The van der Waals surface area contributed by atoms with E-state index in [4.69, 9.17) is 4.74 Å². The Morgan fingerprint density at radius 1 is 0.891 bits per heavy atom. The van der Waals surface area contributed by atoms with Crippen LogP contribution in [0.2, 0.25) is 0 Å². The summed E-state index contributed by atoms with van der Waals surface area (Å²) in [4.78, 5) is 43.0. The lowest BCUT2D eigenvalue weighted by atomic mass is 9.97. The van der Waals surface area contributed by atoms with Crippen LogP contribution >= 0.6 is 11.8 Å². The maximum absolute atomic E-state index is 13.6. The topological polar surface area (TPSA) is 146 Å². The van der Waals surface area contributed by atoms with Crippen molar-refractivity contribution in [2.45, 2.75) is 18.4 Å². The molecular formula is C41H41N5O7S2. The second kappa shape index (κ2) is 18.7. The highest BCUT2D eigenvalue weighted by Crippen LogP contribution is 2.32. The van der Waals surface area contributed by atoms with Crippen LogP contribution in [-0.4, -0.2) is 75.5 Å². The van der Waals surface area contributed by atoms with E-state index in [-0.39, 0.29) is 28.6 Å². The van der Waals surface area contributed by atoms with Crippen molar-refractivity contribution in [3.05, 3.63) is 148 Å². The second-order valence-electron chi connectivity index (χ2n) is 12.6. The summed E-state index contributed by atoms with van der Waals surface area (Å²) < 4.78 is 28.5. The quantitative estimate of drug-likeness (QED) is 0.0269. The third-order valence-corrected chi connectivity index (χ3v) is 10.8. The monoisotopic (exact) mass is 779 g/mol. The molecule has 1 amide bonds. The molecule has 1 unspecified atom stereocenters. The molecule has 1 saturated heterocycles. The molecule has 0 bridgehead atoms. The fraction of sp³-hybridized carbons (Fsp3) is 0.220. The fourth-order valence-electron chi connectivity index (χ4n) is 6.40. The zero-order valence-electron chi connectivity index (χ0n) is 30.2. The molecule has 0 aliphatic carbocycles. The predicted molar refractivity (Wildman–Crippen MR) is 218 cm³/mol. The van der Waals surface area contributed by atoms with E-state index in [1.54, 1.807) is 49.0 Å². The highest BCUT2D eigenvalue weighted by Gasteiger charge is 2.27. The van der Waals surface area contributed by atoms with Gasteiger partial charge in [-0.25, -0.2) is 13.3 Å². The lowest BCUT2D eigenvalue weighted by Gasteiger charge is -2.36. The summed E-state index contributed by atoms with van der Waals surface area (Å²) in [5, 5.41) is 15.0. The van der Waals surface area contributed by atoms with E-state index >= 15 is 0 Å². The van der Waals surface area contributed by atoms with Gasteiger partial charge in [0.1, 0.15) is 5.69 Å². The molecule has 1 aliphatic heterocycles. The van der Waals surface area contributed by atoms with Gasteiger partial charge in [-0.15, -0.1) is 11.8 Å². The number of thioether (sulfide) groups is 1. The van der Waals surface area contributed by atoms with E-state index in [1.165, 1.54) is 12.1 Å². The lowest BCUT2D eigenvalue weighted by Crippen LogP contribution is -2.46. The Morgan fingerprint density at radius 2 is 1.62 bits per heavy atom. The summed E-state index contributed by atoms with van der Waals surface area (Å²) in [6.07, 6.45) is 0. The zero-order chi connectivity index (χ0) is 38.7. The molecule has 6 rings (SSSR count). The first-order valence-electron chi connectivity index (χ1n) is 17.8. The van der Waals surface area contributed by atoms with E-state index in [0.717, 1.165) is 66.1 Å². The van der Waals surface area contributed by atoms with Crippen LogP contribution < -0.4 is 14.5 Å². The normalized spacial score (nSPS) is 13.5. The lowest BCUT2D eigenvalue weighted by molar-refractivity contribution is -0.383. The molecule has 0 radical (unpaired) electrons. The fourth-order valence-corrected chi connectivity index (χ4v) is 7.73. The number of hydrogen-bond donors (Lipinski definition) is 2. The minimum atomic E-state index is -2.79. The molecule has 284 valence electrons. The molecule has 1 heterocycles. The minimum Gasteiger partial charge on any atom is -0.462 e. The summed E-state index contributed by atoms with van der Waals surface area (Å²) in [5.74, 6) is -0.450. The number of carbonyl (C=O) groups excluding carboxylic acids is 2. The summed E-state index contributed by atoms with van der Waals surface area (Å²) in [7, 11) is 0. The molecule has 12 nitrogen and oxygen atoms in total. The molecular weight excluding hydrogens is 739 g/mol. The summed E-state index contributed by atoms with van der Waals surface area (Å²) in [5.41, 5.74) is 4.61. The van der Waals surface area contributed by atoms with Crippen LogP contribution in [0, 0.1) is 10.1 Å². The number of piperazine rings is 1. The van der Waals surface area contributed by atoms with Gasteiger partial charge in [-0.1, -0.05) is 54.6 Å². The SMILES string of the molecule is CCOC(=O)c1cccc(-c2ccccc2CN2CCN(c3ccc(C(=O)N(c4ccc(NCCSc5ccccc5)c([N+](=O)[O-])c4)S(=O)O)cc3)CC2)c1. The molecule has 55 heavy (non-hydrogen) atoms. The van der Waals surface area contributed by atoms with Gasteiger partial charge in [-0.3, -0.25) is 24.4 Å². The highest BCUT2D eigenvalue weighted by molar-refractivity contribution is 7.99. The van der Waals surface area contributed by atoms with Crippen molar-refractivity contribution < 1.29 is 28.0 Å². The molecule has 5 aromatic carbocycles. The smallest absolute Gasteiger partial charge is 0.338 e. The number of amides is 1. The van der Waals surface area contributed by atoms with Crippen molar-refractivity contribution in [2.75, 3.05) is 59.6 Å². The third kappa shape index (κ3) is 9.96. The molecule has 0 aromatic heterocycles. The third-order valence-electron chi connectivity index (χ3n) is 9.13. The van der Waals surface area contributed by atoms with Gasteiger partial charge in [0.2, 0.25) is 0 Å². The van der Waals surface area contributed by atoms with Crippen molar-refractivity contribution in [2.24, 2.45) is 0 Å². The van der Waals surface area contributed by atoms with Crippen molar-refractivity contribution in [3.63, 3.8) is 0 Å². The molecule has 1 fully saturated rings. The first-order chi connectivity index (χ1) is 26.7. The summed E-state index contributed by atoms with van der Waals surface area (Å²) >= 11 is -1.18. The summed E-state index contributed by atoms with van der Waals surface area (Å²) in [6, 6.07) is 36.2. The van der Waals surface area contributed by atoms with Crippen molar-refractivity contribution >= 4 is 57.7 Å². The molecule has 1 aliphatic rings. The number of nitrogens with one attached hydrogen (secondary N) is 1. The zero-order valence-corrected chi connectivity index (χ0v) is 31.8. The molecule has 1 atom stereocenters. The Kier molecular flexibility index (Phi) is 13.3. The van der Waals surface area contributed by atoms with Gasteiger partial charge in [0, 0.05) is 67.2 Å². The number of anilines is 3. The number of benzene rings is 5. The first kappa shape index (κ1) is 39.2. The van der Waals surface area contributed by atoms with Crippen LogP contribution in [0.25, 0.3) is 11.1 Å². The number of hydrogen-bond acceptors (Lipinski definition) is 10. The number of ether oxygens (including phenoxy) is 1. The van der Waals surface area contributed by atoms with E-state index < -0.39 is 22.1 Å². The Labute approximate surface area is 326 Å². The van der Waals surface area contributed by atoms with Gasteiger partial charge in [-0.2, -0.15) is 0 Å². The molecule has 14 heteroatoms. The van der Waals surface area contributed by atoms with Gasteiger partial charge < -0.3 is 15.0 Å². The Morgan fingerprint density at radius 3 is 2.33 bits per heavy atom. The maximum atomic E-state index is 13.6. The molecule has 0 saturated carbocycles. The number of nitro benzene ring substituents is 1. The van der Waals surface area contributed by atoms with Crippen molar-refractivity contribution in [3.8, 4) is 11.1 Å². The van der Waals surface area contributed by atoms with Crippen LogP contribution in [0.1, 0.15) is 33.2 Å². The number of esters is 1. The standard InChI is InChI=1S/C41H41N5O7S2/c1-2-53-41(48)32-11-8-10-31(27-32)37-14-7-6-9-33(37)29-43-22-24-44(25-23-43)34-17-15-30(16-18-34)40(47)45(55(51)52)35-19-20-38(39(28-35)46(49)50)42-21-26-54-36-12-4-3-5-13-36/h3-20,27-28,42H,2,21-26,29H2,1H3,(H,51,52). The second-order valence-corrected chi connectivity index (χ2v) is 14.6. The maximum Gasteiger partial charge on any atom is 0.338 e. The Balaban J connectivity index is 1.07. The van der Waals surface area contributed by atoms with Gasteiger partial charge in [0.15, 0.2) is 0 Å². The average Bonchev–Trinajstić information content (AvgIpc) is 3.21. The first-order valence-corrected chi connectivity index (χ1v) is 19.8. The number of carbonyl (C=O) groups is 2. The minimum absolute atomic E-state index is 0.0739. The van der Waals surface area contributed by atoms with E-state index in [2.05, 4.69) is 27.2 Å². The van der Waals surface area contributed by atoms with Crippen LogP contribution in [0.5, 0.6) is 0 Å².